The van der Waals surface area contributed by atoms with E-state index < -0.39 is 5.54 Å². The summed E-state index contributed by atoms with van der Waals surface area (Å²) in [5.74, 6) is 0.530. The number of carbonyl (C=O) groups is 1. The Balaban J connectivity index is 2.14. The van der Waals surface area contributed by atoms with Gasteiger partial charge in [-0.1, -0.05) is 13.8 Å². The van der Waals surface area contributed by atoms with E-state index in [0.717, 1.165) is 0 Å². The van der Waals surface area contributed by atoms with E-state index in [1.54, 1.807) is 18.4 Å². The van der Waals surface area contributed by atoms with Crippen LogP contribution in [-0.4, -0.2) is 28.1 Å². The number of aliphatic hydroxyl groups excluding tert-OH is 1. The first-order chi connectivity index (χ1) is 9.46. The fourth-order valence-corrected chi connectivity index (χ4v) is 2.36. The van der Waals surface area contributed by atoms with Crippen LogP contribution < -0.4 is 5.32 Å². The number of aromatic nitrogens is 1. The largest absolute Gasteiger partial charge is 0.462 e. The van der Waals surface area contributed by atoms with Crippen molar-refractivity contribution in [2.75, 3.05) is 6.61 Å². The van der Waals surface area contributed by atoms with Crippen LogP contribution in [0.2, 0.25) is 0 Å². The Morgan fingerprint density at radius 2 is 2.35 bits per heavy atom. The third-order valence-electron chi connectivity index (χ3n) is 3.46. The van der Waals surface area contributed by atoms with Crippen molar-refractivity contribution in [1.29, 1.82) is 0 Å². The molecule has 1 atom stereocenters. The number of amides is 1. The summed E-state index contributed by atoms with van der Waals surface area (Å²) in [5.41, 5.74) is -0.647. The number of thiazole rings is 1. The average Bonchev–Trinajstić information content (AvgIpc) is 3.08. The lowest BCUT2D eigenvalue weighted by molar-refractivity contribution is 0.0788. The van der Waals surface area contributed by atoms with Crippen molar-refractivity contribution >= 4 is 17.2 Å². The molecule has 2 N–H and O–H groups in total. The molecule has 0 radical (unpaired) electrons. The average molecular weight is 294 g/mol. The van der Waals surface area contributed by atoms with E-state index in [9.17, 15) is 9.90 Å². The molecule has 108 valence electrons. The number of furan rings is 1. The first kappa shape index (κ1) is 14.7. The molecule has 2 heterocycles. The van der Waals surface area contributed by atoms with E-state index in [0.29, 0.717) is 15.6 Å². The summed E-state index contributed by atoms with van der Waals surface area (Å²) in [5, 5.41) is 13.0. The highest BCUT2D eigenvalue weighted by Crippen LogP contribution is 2.26. The van der Waals surface area contributed by atoms with Gasteiger partial charge in [-0.15, -0.1) is 11.3 Å². The zero-order valence-corrected chi connectivity index (χ0v) is 12.5. The van der Waals surface area contributed by atoms with Crippen LogP contribution in [-0.2, 0) is 0 Å². The predicted molar refractivity (Wildman–Crippen MR) is 77.6 cm³/mol. The second-order valence-electron chi connectivity index (χ2n) is 5.19. The first-order valence-corrected chi connectivity index (χ1v) is 7.21. The third kappa shape index (κ3) is 2.91. The van der Waals surface area contributed by atoms with Gasteiger partial charge in [0.05, 0.1) is 24.6 Å². The fourth-order valence-electron chi connectivity index (χ4n) is 1.58. The molecule has 0 aliphatic carbocycles. The molecule has 0 saturated carbocycles. The summed E-state index contributed by atoms with van der Waals surface area (Å²) < 4.78 is 5.25. The zero-order chi connectivity index (χ0) is 14.8. The number of hydrogen-bond donors (Lipinski definition) is 2. The van der Waals surface area contributed by atoms with Gasteiger partial charge in [0, 0.05) is 0 Å². The van der Waals surface area contributed by atoms with Crippen LogP contribution in [0, 0.1) is 5.92 Å². The van der Waals surface area contributed by atoms with Crippen LogP contribution in [0.15, 0.2) is 29.0 Å². The smallest absolute Gasteiger partial charge is 0.263 e. The van der Waals surface area contributed by atoms with Crippen molar-refractivity contribution in [2.24, 2.45) is 5.92 Å². The lowest BCUT2D eigenvalue weighted by Crippen LogP contribution is -2.52. The van der Waals surface area contributed by atoms with Crippen molar-refractivity contribution in [3.63, 3.8) is 0 Å². The molecule has 1 amide bonds. The molecule has 2 aromatic heterocycles. The van der Waals surface area contributed by atoms with E-state index >= 15 is 0 Å². The second kappa shape index (κ2) is 5.76. The van der Waals surface area contributed by atoms with Crippen LogP contribution in [0.1, 0.15) is 30.4 Å². The molecule has 0 aliphatic rings. The quantitative estimate of drug-likeness (QED) is 0.888. The Labute approximate surface area is 121 Å². The molecule has 0 aromatic carbocycles. The summed E-state index contributed by atoms with van der Waals surface area (Å²) in [6, 6.07) is 3.57. The topological polar surface area (TPSA) is 75.4 Å². The monoisotopic (exact) mass is 294 g/mol. The van der Waals surface area contributed by atoms with E-state index in [1.165, 1.54) is 17.5 Å². The zero-order valence-electron chi connectivity index (χ0n) is 11.7. The van der Waals surface area contributed by atoms with Crippen molar-refractivity contribution in [3.8, 4) is 10.8 Å². The first-order valence-electron chi connectivity index (χ1n) is 6.39. The highest BCUT2D eigenvalue weighted by atomic mass is 32.1. The summed E-state index contributed by atoms with van der Waals surface area (Å²) in [7, 11) is 0. The van der Waals surface area contributed by atoms with Crippen LogP contribution in [0.3, 0.4) is 0 Å². The normalized spacial score (nSPS) is 14.2. The van der Waals surface area contributed by atoms with Crippen LogP contribution in [0.4, 0.5) is 0 Å². The SMILES string of the molecule is CC(C)C(C)(CO)NC(=O)c1cnc(-c2ccco2)s1. The number of hydrogen-bond acceptors (Lipinski definition) is 5. The minimum absolute atomic E-state index is 0.111. The van der Waals surface area contributed by atoms with Gasteiger partial charge in [-0.25, -0.2) is 4.98 Å². The molecule has 0 saturated heterocycles. The molecule has 20 heavy (non-hydrogen) atoms. The number of nitrogens with zero attached hydrogens (tertiary/aromatic N) is 1. The van der Waals surface area contributed by atoms with Crippen molar-refractivity contribution in [2.45, 2.75) is 26.3 Å². The van der Waals surface area contributed by atoms with E-state index in [1.807, 2.05) is 20.8 Å². The second-order valence-corrected chi connectivity index (χ2v) is 6.22. The number of rotatable bonds is 5. The maximum absolute atomic E-state index is 12.2. The molecular formula is C14H18N2O3S. The molecule has 2 aromatic rings. The van der Waals surface area contributed by atoms with Gasteiger partial charge < -0.3 is 14.8 Å². The van der Waals surface area contributed by atoms with E-state index in [4.69, 9.17) is 4.42 Å². The van der Waals surface area contributed by atoms with Crippen molar-refractivity contribution < 1.29 is 14.3 Å². The fraction of sp³-hybridized carbons (Fsp3) is 0.429. The molecule has 1 unspecified atom stereocenters. The standard InChI is InChI=1S/C14H18N2O3S/c1-9(2)14(3,8-17)16-12(18)11-7-15-13(20-11)10-5-4-6-19-10/h4-7,9,17H,8H2,1-3H3,(H,16,18). The molecule has 5 nitrogen and oxygen atoms in total. The highest BCUT2D eigenvalue weighted by Gasteiger charge is 2.30. The molecule has 0 aliphatic heterocycles. The minimum Gasteiger partial charge on any atom is -0.462 e. The van der Waals surface area contributed by atoms with Gasteiger partial charge in [0.1, 0.15) is 4.88 Å². The van der Waals surface area contributed by atoms with E-state index in [2.05, 4.69) is 10.3 Å². The van der Waals surface area contributed by atoms with Crippen molar-refractivity contribution in [1.82, 2.24) is 10.3 Å². The molecular weight excluding hydrogens is 276 g/mol. The number of nitrogens with one attached hydrogen (secondary N) is 1. The van der Waals surface area contributed by atoms with Gasteiger partial charge in [-0.2, -0.15) is 0 Å². The lowest BCUT2D eigenvalue weighted by atomic mass is 9.89. The molecule has 2 rings (SSSR count). The molecule has 0 bridgehead atoms. The van der Waals surface area contributed by atoms with Crippen molar-refractivity contribution in [3.05, 3.63) is 29.5 Å². The van der Waals surface area contributed by atoms with Gasteiger partial charge >= 0.3 is 0 Å². The Bertz CT molecular complexity index is 577. The lowest BCUT2D eigenvalue weighted by Gasteiger charge is -2.32. The maximum atomic E-state index is 12.2. The highest BCUT2D eigenvalue weighted by molar-refractivity contribution is 7.16. The molecule has 6 heteroatoms. The van der Waals surface area contributed by atoms with Gasteiger partial charge in [0.25, 0.3) is 5.91 Å². The summed E-state index contributed by atoms with van der Waals surface area (Å²) in [4.78, 5) is 16.9. The van der Waals surface area contributed by atoms with Crippen LogP contribution in [0.5, 0.6) is 0 Å². The Morgan fingerprint density at radius 3 is 2.90 bits per heavy atom. The number of carbonyl (C=O) groups excluding carboxylic acids is 1. The maximum Gasteiger partial charge on any atom is 0.263 e. The number of aliphatic hydroxyl groups is 1. The van der Waals surface area contributed by atoms with Gasteiger partial charge in [-0.05, 0) is 25.0 Å². The van der Waals surface area contributed by atoms with Crippen LogP contribution >= 0.6 is 11.3 Å². The predicted octanol–water partition coefficient (Wildman–Crippen LogP) is 2.54. The molecule has 0 spiro atoms. The Kier molecular flexibility index (Phi) is 4.25. The molecule has 0 fully saturated rings. The third-order valence-corrected chi connectivity index (χ3v) is 4.47. The van der Waals surface area contributed by atoms with Gasteiger partial charge in [-0.3, -0.25) is 4.79 Å². The van der Waals surface area contributed by atoms with Gasteiger partial charge in [0.2, 0.25) is 0 Å². The summed E-state index contributed by atoms with van der Waals surface area (Å²) in [6.45, 7) is 5.62. The van der Waals surface area contributed by atoms with Crippen LogP contribution in [0.25, 0.3) is 10.8 Å². The minimum atomic E-state index is -0.647. The summed E-state index contributed by atoms with van der Waals surface area (Å²) >= 11 is 1.26. The van der Waals surface area contributed by atoms with E-state index in [-0.39, 0.29) is 18.4 Å². The Morgan fingerprint density at radius 1 is 1.60 bits per heavy atom. The Hall–Kier alpha value is -1.66. The summed E-state index contributed by atoms with van der Waals surface area (Å²) in [6.07, 6.45) is 3.09. The van der Waals surface area contributed by atoms with Gasteiger partial charge in [0.15, 0.2) is 10.8 Å².